The van der Waals surface area contributed by atoms with Crippen LogP contribution >= 0.6 is 0 Å². The van der Waals surface area contributed by atoms with E-state index >= 15 is 0 Å². The molecule has 1 atom stereocenters. The second-order valence-corrected chi connectivity index (χ2v) is 8.32. The van der Waals surface area contributed by atoms with E-state index in [1.165, 1.54) is 5.56 Å². The largest absolute Gasteiger partial charge is 0.494 e. The van der Waals surface area contributed by atoms with Gasteiger partial charge in [-0.15, -0.1) is 0 Å². The lowest BCUT2D eigenvalue weighted by molar-refractivity contribution is 0.102. The van der Waals surface area contributed by atoms with Gasteiger partial charge in [-0.05, 0) is 78.9 Å². The summed E-state index contributed by atoms with van der Waals surface area (Å²) < 4.78 is 11.7. The highest BCUT2D eigenvalue weighted by Crippen LogP contribution is 2.28. The van der Waals surface area contributed by atoms with Crippen molar-refractivity contribution in [2.24, 2.45) is 0 Å². The number of fused-ring (bicyclic) bond motifs is 1. The van der Waals surface area contributed by atoms with Crippen molar-refractivity contribution in [1.29, 1.82) is 0 Å². The van der Waals surface area contributed by atoms with Gasteiger partial charge in [-0.2, -0.15) is 0 Å². The molecule has 33 heavy (non-hydrogen) atoms. The fraction of sp³-hybridized carbons (Fsp3) is 0.286. The molecule has 1 heterocycles. The third-order valence-electron chi connectivity index (χ3n) is 5.85. The minimum absolute atomic E-state index is 0.178. The van der Waals surface area contributed by atoms with Gasteiger partial charge in [-0.25, -0.2) is 4.98 Å². The molecule has 1 unspecified atom stereocenters. The van der Waals surface area contributed by atoms with Gasteiger partial charge >= 0.3 is 0 Å². The zero-order valence-electron chi connectivity index (χ0n) is 19.4. The minimum atomic E-state index is -0.178. The molecule has 1 N–H and O–H groups in total. The molecule has 0 aliphatic carbocycles. The van der Waals surface area contributed by atoms with Crippen LogP contribution < -0.4 is 10.1 Å². The summed E-state index contributed by atoms with van der Waals surface area (Å²) in [5.74, 6) is 1.59. The molecule has 170 valence electrons. The maximum Gasteiger partial charge on any atom is 0.255 e. The number of ether oxygens (including phenoxy) is 1. The number of rotatable bonds is 9. The second kappa shape index (κ2) is 10.3. The summed E-state index contributed by atoms with van der Waals surface area (Å²) in [4.78, 5) is 17.4. The molecular weight excluding hydrogens is 412 g/mol. The standard InChI is InChI=1S/C28H30N2O3/c1-4-6-16-32-24-9-7-8-22(17-24)27(31)29-23-13-10-20(11-14-23)28-30-25-18-21(19(3)5-2)12-15-26(25)33-28/h7-15,17-19H,4-6,16H2,1-3H3,(H,29,31). The van der Waals surface area contributed by atoms with E-state index in [1.807, 2.05) is 42.5 Å². The van der Waals surface area contributed by atoms with Crippen LogP contribution in [0.25, 0.3) is 22.6 Å². The van der Waals surface area contributed by atoms with Crippen molar-refractivity contribution in [3.05, 3.63) is 77.9 Å². The summed E-state index contributed by atoms with van der Waals surface area (Å²) in [6.07, 6.45) is 3.14. The number of hydrogen-bond donors (Lipinski definition) is 1. The number of hydrogen-bond acceptors (Lipinski definition) is 4. The second-order valence-electron chi connectivity index (χ2n) is 8.32. The minimum Gasteiger partial charge on any atom is -0.494 e. The molecule has 0 aliphatic heterocycles. The summed E-state index contributed by atoms with van der Waals surface area (Å²) in [5, 5.41) is 2.94. The van der Waals surface area contributed by atoms with Crippen LogP contribution in [-0.2, 0) is 0 Å². The molecule has 3 aromatic carbocycles. The molecule has 5 heteroatoms. The first-order chi connectivity index (χ1) is 16.1. The van der Waals surface area contributed by atoms with Crippen molar-refractivity contribution >= 4 is 22.7 Å². The Bertz CT molecular complexity index is 1230. The van der Waals surface area contributed by atoms with Gasteiger partial charge in [0.1, 0.15) is 11.3 Å². The predicted octanol–water partition coefficient (Wildman–Crippen LogP) is 7.44. The van der Waals surface area contributed by atoms with Crippen molar-refractivity contribution in [1.82, 2.24) is 4.98 Å². The Morgan fingerprint density at radius 3 is 2.64 bits per heavy atom. The van der Waals surface area contributed by atoms with Crippen molar-refractivity contribution < 1.29 is 13.9 Å². The highest BCUT2D eigenvalue weighted by molar-refractivity contribution is 6.04. The van der Waals surface area contributed by atoms with Gasteiger partial charge in [0.05, 0.1) is 6.61 Å². The van der Waals surface area contributed by atoms with E-state index in [1.54, 1.807) is 12.1 Å². The molecule has 0 aliphatic rings. The molecule has 0 saturated carbocycles. The topological polar surface area (TPSA) is 64.4 Å². The fourth-order valence-corrected chi connectivity index (χ4v) is 3.57. The predicted molar refractivity (Wildman–Crippen MR) is 133 cm³/mol. The van der Waals surface area contributed by atoms with Gasteiger partial charge in [0, 0.05) is 16.8 Å². The molecule has 0 radical (unpaired) electrons. The molecule has 4 aromatic rings. The van der Waals surface area contributed by atoms with Gasteiger partial charge in [0.2, 0.25) is 5.89 Å². The van der Waals surface area contributed by atoms with Crippen molar-refractivity contribution in [2.45, 2.75) is 46.0 Å². The quantitative estimate of drug-likeness (QED) is 0.274. The van der Waals surface area contributed by atoms with Gasteiger partial charge in [-0.1, -0.05) is 39.3 Å². The zero-order valence-corrected chi connectivity index (χ0v) is 19.4. The Labute approximate surface area is 194 Å². The normalized spacial score (nSPS) is 12.0. The maximum atomic E-state index is 12.7. The molecule has 0 saturated heterocycles. The lowest BCUT2D eigenvalue weighted by Crippen LogP contribution is -2.12. The Balaban J connectivity index is 1.45. The molecule has 0 fully saturated rings. The van der Waals surface area contributed by atoms with Crippen LogP contribution in [-0.4, -0.2) is 17.5 Å². The number of amides is 1. The van der Waals surface area contributed by atoms with E-state index in [0.29, 0.717) is 35.4 Å². The number of anilines is 1. The van der Waals surface area contributed by atoms with Crippen LogP contribution in [0.5, 0.6) is 5.75 Å². The summed E-state index contributed by atoms with van der Waals surface area (Å²) in [7, 11) is 0. The summed E-state index contributed by atoms with van der Waals surface area (Å²) in [6, 6.07) is 21.0. The van der Waals surface area contributed by atoms with Gasteiger partial charge in [0.25, 0.3) is 5.91 Å². The summed E-state index contributed by atoms with van der Waals surface area (Å²) in [5.41, 5.74) is 5.03. The fourth-order valence-electron chi connectivity index (χ4n) is 3.57. The van der Waals surface area contributed by atoms with Crippen LogP contribution in [0.15, 0.2) is 71.1 Å². The van der Waals surface area contributed by atoms with Crippen LogP contribution in [0.2, 0.25) is 0 Å². The lowest BCUT2D eigenvalue weighted by atomic mass is 9.98. The molecule has 1 aromatic heterocycles. The maximum absolute atomic E-state index is 12.7. The Morgan fingerprint density at radius 1 is 1.06 bits per heavy atom. The van der Waals surface area contributed by atoms with E-state index in [0.717, 1.165) is 35.9 Å². The van der Waals surface area contributed by atoms with Gasteiger partial charge in [-0.3, -0.25) is 4.79 Å². The number of nitrogens with one attached hydrogen (secondary N) is 1. The van der Waals surface area contributed by atoms with E-state index < -0.39 is 0 Å². The van der Waals surface area contributed by atoms with E-state index in [-0.39, 0.29) is 5.91 Å². The van der Waals surface area contributed by atoms with Crippen LogP contribution in [0.1, 0.15) is 61.9 Å². The average molecular weight is 443 g/mol. The molecule has 0 spiro atoms. The third kappa shape index (κ3) is 5.43. The van der Waals surface area contributed by atoms with Crippen molar-refractivity contribution in [3.63, 3.8) is 0 Å². The highest BCUT2D eigenvalue weighted by Gasteiger charge is 2.12. The number of benzene rings is 3. The molecule has 5 nitrogen and oxygen atoms in total. The molecule has 0 bridgehead atoms. The molecule has 1 amide bonds. The van der Waals surface area contributed by atoms with Crippen molar-refractivity contribution in [2.75, 3.05) is 11.9 Å². The monoisotopic (exact) mass is 442 g/mol. The van der Waals surface area contributed by atoms with Gasteiger partial charge in [0.15, 0.2) is 5.58 Å². The number of nitrogens with zero attached hydrogens (tertiary/aromatic N) is 1. The molecular formula is C28H30N2O3. The van der Waals surface area contributed by atoms with E-state index in [4.69, 9.17) is 9.15 Å². The van der Waals surface area contributed by atoms with Gasteiger partial charge < -0.3 is 14.5 Å². The van der Waals surface area contributed by atoms with E-state index in [2.05, 4.69) is 43.2 Å². The lowest BCUT2D eigenvalue weighted by Gasteiger charge is -2.09. The Kier molecular flexibility index (Phi) is 7.08. The first kappa shape index (κ1) is 22.6. The number of aromatic nitrogens is 1. The average Bonchev–Trinajstić information content (AvgIpc) is 3.28. The van der Waals surface area contributed by atoms with Crippen molar-refractivity contribution in [3.8, 4) is 17.2 Å². The number of oxazole rings is 1. The van der Waals surface area contributed by atoms with Crippen LogP contribution in [0, 0.1) is 0 Å². The SMILES string of the molecule is CCCCOc1cccc(C(=O)Nc2ccc(-c3nc4cc(C(C)CC)ccc4o3)cc2)c1. The number of carbonyl (C=O) groups excluding carboxylic acids is 1. The van der Waals surface area contributed by atoms with Crippen LogP contribution in [0.4, 0.5) is 5.69 Å². The first-order valence-corrected chi connectivity index (χ1v) is 11.6. The molecule has 4 rings (SSSR count). The number of carbonyl (C=O) groups is 1. The summed E-state index contributed by atoms with van der Waals surface area (Å²) >= 11 is 0. The summed E-state index contributed by atoms with van der Waals surface area (Å²) in [6.45, 7) is 7.16. The number of unbranched alkanes of at least 4 members (excludes halogenated alkanes) is 1. The first-order valence-electron chi connectivity index (χ1n) is 11.6. The zero-order chi connectivity index (χ0) is 23.2. The smallest absolute Gasteiger partial charge is 0.255 e. The Morgan fingerprint density at radius 2 is 1.88 bits per heavy atom. The van der Waals surface area contributed by atoms with E-state index in [9.17, 15) is 4.79 Å². The Hall–Kier alpha value is -3.60. The highest BCUT2D eigenvalue weighted by atomic mass is 16.5. The van der Waals surface area contributed by atoms with Crippen LogP contribution in [0.3, 0.4) is 0 Å². The third-order valence-corrected chi connectivity index (χ3v) is 5.85.